The second-order valence-corrected chi connectivity index (χ2v) is 4.36. The van der Waals surface area contributed by atoms with Crippen molar-refractivity contribution in [3.63, 3.8) is 0 Å². The van der Waals surface area contributed by atoms with Crippen LogP contribution in [0, 0.1) is 0 Å². The summed E-state index contributed by atoms with van der Waals surface area (Å²) in [6, 6.07) is 8.69. The van der Waals surface area contributed by atoms with Crippen molar-refractivity contribution in [2.24, 2.45) is 0 Å². The number of nitrogen functional groups attached to an aromatic ring is 1. The summed E-state index contributed by atoms with van der Waals surface area (Å²) in [4.78, 5) is 14.1. The van der Waals surface area contributed by atoms with E-state index in [1.165, 1.54) is 0 Å². The quantitative estimate of drug-likeness (QED) is 0.851. The highest BCUT2D eigenvalue weighted by atomic mass is 16.5. The molecule has 0 bridgehead atoms. The van der Waals surface area contributed by atoms with Gasteiger partial charge in [-0.15, -0.1) is 0 Å². The molecule has 0 radical (unpaired) electrons. The van der Waals surface area contributed by atoms with Gasteiger partial charge >= 0.3 is 0 Å². The van der Waals surface area contributed by atoms with Crippen LogP contribution < -0.4 is 10.5 Å². The monoisotopic (exact) mass is 274 g/mol. The van der Waals surface area contributed by atoms with Crippen molar-refractivity contribution < 1.29 is 13.9 Å². The third-order valence-electron chi connectivity index (χ3n) is 3.07. The summed E-state index contributed by atoms with van der Waals surface area (Å²) in [6.45, 7) is 2.95. The van der Waals surface area contributed by atoms with Crippen LogP contribution in [-0.4, -0.2) is 24.5 Å². The molecular weight excluding hydrogens is 256 g/mol. The zero-order valence-corrected chi connectivity index (χ0v) is 11.6. The van der Waals surface area contributed by atoms with Gasteiger partial charge in [0.1, 0.15) is 11.5 Å². The number of hydrogen-bond acceptors (Lipinski definition) is 4. The molecule has 0 unspecified atom stereocenters. The molecule has 2 aromatic rings. The maximum atomic E-state index is 12.4. The number of amides is 1. The first-order valence-electron chi connectivity index (χ1n) is 6.41. The Morgan fingerprint density at radius 3 is 2.75 bits per heavy atom. The fourth-order valence-corrected chi connectivity index (χ4v) is 1.97. The van der Waals surface area contributed by atoms with Crippen LogP contribution in [0.15, 0.2) is 41.0 Å². The summed E-state index contributed by atoms with van der Waals surface area (Å²) >= 11 is 0. The molecule has 1 amide bonds. The van der Waals surface area contributed by atoms with E-state index in [1.54, 1.807) is 42.5 Å². The first-order chi connectivity index (χ1) is 9.65. The molecule has 0 aliphatic rings. The molecule has 0 aliphatic carbocycles. The summed E-state index contributed by atoms with van der Waals surface area (Å²) in [5, 5.41) is 0. The number of nitrogens with zero attached hydrogens (tertiary/aromatic N) is 1. The van der Waals surface area contributed by atoms with Crippen LogP contribution >= 0.6 is 0 Å². The molecule has 5 nitrogen and oxygen atoms in total. The average Bonchev–Trinajstić information content (AvgIpc) is 2.97. The predicted octanol–water partition coefficient (Wildman–Crippen LogP) is 2.53. The Bertz CT molecular complexity index is 579. The Labute approximate surface area is 117 Å². The van der Waals surface area contributed by atoms with Gasteiger partial charge in [0.25, 0.3) is 5.91 Å². The molecule has 0 aliphatic heterocycles. The summed E-state index contributed by atoms with van der Waals surface area (Å²) in [7, 11) is 1.54. The molecule has 106 valence electrons. The Hall–Kier alpha value is -2.43. The largest absolute Gasteiger partial charge is 0.495 e. The van der Waals surface area contributed by atoms with Crippen LogP contribution in [0.1, 0.15) is 23.0 Å². The van der Waals surface area contributed by atoms with Gasteiger partial charge < -0.3 is 19.8 Å². The average molecular weight is 274 g/mol. The first-order valence-corrected chi connectivity index (χ1v) is 6.41. The standard InChI is InChI=1S/C15H18N2O3/c1-3-17(10-12-5-4-8-20-12)15(18)11-6-7-14(19-2)13(16)9-11/h4-9H,3,10,16H2,1-2H3. The Morgan fingerprint density at radius 1 is 1.40 bits per heavy atom. The fourth-order valence-electron chi connectivity index (χ4n) is 1.97. The van der Waals surface area contributed by atoms with E-state index in [0.29, 0.717) is 30.1 Å². The molecule has 5 heteroatoms. The fraction of sp³-hybridized carbons (Fsp3) is 0.267. The number of rotatable bonds is 5. The van der Waals surface area contributed by atoms with E-state index in [0.717, 1.165) is 5.76 Å². The number of furan rings is 1. The molecule has 0 saturated carbocycles. The third kappa shape index (κ3) is 2.93. The number of methoxy groups -OCH3 is 1. The molecule has 2 N–H and O–H groups in total. The van der Waals surface area contributed by atoms with Gasteiger partial charge in [-0.25, -0.2) is 0 Å². The van der Waals surface area contributed by atoms with Gasteiger partial charge in [-0.1, -0.05) is 0 Å². The van der Waals surface area contributed by atoms with Crippen molar-refractivity contribution in [2.45, 2.75) is 13.5 Å². The molecule has 0 atom stereocenters. The highest BCUT2D eigenvalue weighted by Gasteiger charge is 2.16. The highest BCUT2D eigenvalue weighted by Crippen LogP contribution is 2.23. The van der Waals surface area contributed by atoms with Crippen molar-refractivity contribution in [2.75, 3.05) is 19.4 Å². The Kier molecular flexibility index (Phi) is 4.30. The maximum absolute atomic E-state index is 12.4. The minimum Gasteiger partial charge on any atom is -0.495 e. The lowest BCUT2D eigenvalue weighted by Crippen LogP contribution is -2.30. The smallest absolute Gasteiger partial charge is 0.254 e. The van der Waals surface area contributed by atoms with E-state index in [9.17, 15) is 4.79 Å². The van der Waals surface area contributed by atoms with E-state index in [-0.39, 0.29) is 5.91 Å². The van der Waals surface area contributed by atoms with Crippen LogP contribution in [0.2, 0.25) is 0 Å². The van der Waals surface area contributed by atoms with E-state index in [4.69, 9.17) is 14.9 Å². The topological polar surface area (TPSA) is 68.7 Å². The number of anilines is 1. The van der Waals surface area contributed by atoms with Crippen molar-refractivity contribution in [3.05, 3.63) is 47.9 Å². The molecule has 0 fully saturated rings. The van der Waals surface area contributed by atoms with Crippen molar-refractivity contribution in [3.8, 4) is 5.75 Å². The van der Waals surface area contributed by atoms with Crippen LogP contribution in [0.25, 0.3) is 0 Å². The van der Waals surface area contributed by atoms with Crippen LogP contribution in [0.4, 0.5) is 5.69 Å². The number of ether oxygens (including phenoxy) is 1. The minimum atomic E-state index is -0.0850. The third-order valence-corrected chi connectivity index (χ3v) is 3.07. The summed E-state index contributed by atoms with van der Waals surface area (Å²) in [5.41, 5.74) is 6.82. The Balaban J connectivity index is 2.17. The number of carbonyl (C=O) groups excluding carboxylic acids is 1. The zero-order valence-electron chi connectivity index (χ0n) is 11.6. The molecule has 0 spiro atoms. The lowest BCUT2D eigenvalue weighted by molar-refractivity contribution is 0.0741. The molecule has 20 heavy (non-hydrogen) atoms. The number of hydrogen-bond donors (Lipinski definition) is 1. The number of nitrogens with two attached hydrogens (primary N) is 1. The minimum absolute atomic E-state index is 0.0850. The van der Waals surface area contributed by atoms with Crippen LogP contribution in [0.5, 0.6) is 5.75 Å². The van der Waals surface area contributed by atoms with Crippen LogP contribution in [0.3, 0.4) is 0 Å². The molecule has 2 rings (SSSR count). The van der Waals surface area contributed by atoms with E-state index in [2.05, 4.69) is 0 Å². The van der Waals surface area contributed by atoms with E-state index < -0.39 is 0 Å². The van der Waals surface area contributed by atoms with Gasteiger partial charge in [0, 0.05) is 12.1 Å². The number of benzene rings is 1. The van der Waals surface area contributed by atoms with Gasteiger partial charge in [-0.2, -0.15) is 0 Å². The highest BCUT2D eigenvalue weighted by molar-refractivity contribution is 5.95. The van der Waals surface area contributed by atoms with Gasteiger partial charge in [-0.05, 0) is 37.3 Å². The van der Waals surface area contributed by atoms with Crippen molar-refractivity contribution in [1.82, 2.24) is 4.90 Å². The van der Waals surface area contributed by atoms with Crippen molar-refractivity contribution in [1.29, 1.82) is 0 Å². The normalized spacial score (nSPS) is 10.3. The van der Waals surface area contributed by atoms with E-state index >= 15 is 0 Å². The number of carbonyl (C=O) groups is 1. The molecule has 0 saturated heterocycles. The predicted molar refractivity (Wildman–Crippen MR) is 76.5 cm³/mol. The van der Waals surface area contributed by atoms with Crippen molar-refractivity contribution >= 4 is 11.6 Å². The second-order valence-electron chi connectivity index (χ2n) is 4.36. The molecule has 1 aromatic carbocycles. The van der Waals surface area contributed by atoms with E-state index in [1.807, 2.05) is 13.0 Å². The summed E-state index contributed by atoms with van der Waals surface area (Å²) < 4.78 is 10.4. The summed E-state index contributed by atoms with van der Waals surface area (Å²) in [6.07, 6.45) is 1.60. The molecular formula is C15H18N2O3. The van der Waals surface area contributed by atoms with Gasteiger partial charge in [0.05, 0.1) is 25.6 Å². The maximum Gasteiger partial charge on any atom is 0.254 e. The molecule has 1 heterocycles. The Morgan fingerprint density at radius 2 is 2.20 bits per heavy atom. The van der Waals surface area contributed by atoms with Gasteiger partial charge in [-0.3, -0.25) is 4.79 Å². The summed E-state index contributed by atoms with van der Waals surface area (Å²) in [5.74, 6) is 1.23. The second kappa shape index (κ2) is 6.14. The first kappa shape index (κ1) is 14.0. The van der Waals surface area contributed by atoms with Crippen LogP contribution in [-0.2, 0) is 6.54 Å². The lowest BCUT2D eigenvalue weighted by atomic mass is 10.1. The lowest BCUT2D eigenvalue weighted by Gasteiger charge is -2.20. The van der Waals surface area contributed by atoms with Gasteiger partial charge in [0.15, 0.2) is 0 Å². The van der Waals surface area contributed by atoms with Gasteiger partial charge in [0.2, 0.25) is 0 Å². The molecule has 1 aromatic heterocycles. The SMILES string of the molecule is CCN(Cc1ccco1)C(=O)c1ccc(OC)c(N)c1. The zero-order chi connectivity index (χ0) is 14.5.